The van der Waals surface area contributed by atoms with E-state index in [0.717, 1.165) is 13.8 Å². The molecule has 0 fully saturated rings. The van der Waals surface area contributed by atoms with Crippen LogP contribution in [0.4, 0.5) is 0 Å². The zero-order chi connectivity index (χ0) is 9.86. The van der Waals surface area contributed by atoms with Crippen LogP contribution in [0.25, 0.3) is 0 Å². The maximum atomic E-state index is 8.89. The van der Waals surface area contributed by atoms with Crippen LogP contribution in [0.1, 0.15) is 20.8 Å². The van der Waals surface area contributed by atoms with Crippen LogP contribution >= 0.6 is 0 Å². The van der Waals surface area contributed by atoms with Gasteiger partial charge in [-0.25, -0.2) is 0 Å². The van der Waals surface area contributed by atoms with Crippen LogP contribution in [0.5, 0.6) is 0 Å². The van der Waals surface area contributed by atoms with Crippen LogP contribution in [0.2, 0.25) is 0 Å². The van der Waals surface area contributed by atoms with Gasteiger partial charge in [0.1, 0.15) is 0 Å². The number of carbonyl (C=O) groups excluding carboxylic acids is 2. The molecule has 0 saturated heterocycles. The third-order valence-corrected chi connectivity index (χ3v) is 0. The molecule has 0 unspecified atom stereocenters. The Labute approximate surface area is 85.7 Å². The Kier molecular flexibility index (Phi) is 42.2. The third kappa shape index (κ3) is 4170. The van der Waals surface area contributed by atoms with E-state index in [9.17, 15) is 0 Å². The summed E-state index contributed by atoms with van der Waals surface area (Å²) in [5.74, 6) is -2.17. The van der Waals surface area contributed by atoms with E-state index in [0.29, 0.717) is 0 Å². The summed E-state index contributed by atoms with van der Waals surface area (Å²) in [6.07, 6.45) is 0. The molecule has 0 rings (SSSR count). The fourth-order valence-electron chi connectivity index (χ4n) is 0. The van der Waals surface area contributed by atoms with E-state index in [-0.39, 0.29) is 27.7 Å². The Morgan fingerprint density at radius 2 is 1.17 bits per heavy atom. The second kappa shape index (κ2) is 22.4. The van der Waals surface area contributed by atoms with E-state index in [1.165, 1.54) is 0 Å². The van der Waals surface area contributed by atoms with Crippen molar-refractivity contribution in [2.24, 2.45) is 0 Å². The van der Waals surface area contributed by atoms with Crippen molar-refractivity contribution in [1.29, 1.82) is 0 Å². The average Bonchev–Trinajstić information content (AvgIpc) is 1.60. The Balaban J connectivity index is -0.0000000389. The van der Waals surface area contributed by atoms with Gasteiger partial charge in [-0.2, -0.15) is 0 Å². The zero-order valence-corrected chi connectivity index (χ0v) is 9.38. The number of carboxylic acid groups (broad SMARTS) is 2. The van der Waals surface area contributed by atoms with Gasteiger partial charge >= 0.3 is 21.1 Å². The Morgan fingerprint density at radius 3 is 1.17 bits per heavy atom. The van der Waals surface area contributed by atoms with Crippen LogP contribution < -0.4 is 10.2 Å². The van der Waals surface area contributed by atoms with Crippen molar-refractivity contribution in [3.8, 4) is 0 Å². The normalized spacial score (nSPS) is 5.67. The second-order valence-electron chi connectivity index (χ2n) is 1.30. The number of aliphatic hydroxyl groups is 1. The summed E-state index contributed by atoms with van der Waals surface area (Å²) in [5, 5.41) is 25.3. The van der Waals surface area contributed by atoms with E-state index >= 15 is 0 Å². The van der Waals surface area contributed by atoms with Gasteiger partial charge in [-0.1, -0.05) is 0 Å². The Bertz CT molecular complexity index is 84.1. The summed E-state index contributed by atoms with van der Waals surface area (Å²) in [7, 11) is 0. The van der Waals surface area contributed by atoms with Gasteiger partial charge in [0.15, 0.2) is 0 Å². The van der Waals surface area contributed by atoms with Crippen LogP contribution in [0.15, 0.2) is 0 Å². The number of carbonyl (C=O) groups is 2. The zero-order valence-electron chi connectivity index (χ0n) is 7.10. The molecule has 0 aromatic carbocycles. The van der Waals surface area contributed by atoms with Crippen molar-refractivity contribution in [3.05, 3.63) is 0 Å². The molecular formula is C6H12O5Pt. The third-order valence-electron chi connectivity index (χ3n) is 0. The molecule has 0 aliphatic heterocycles. The monoisotopic (exact) mass is 359 g/mol. The maximum Gasteiger partial charge on any atom is 2.00 e. The Hall–Kier alpha value is -0.412. The number of rotatable bonds is 0. The van der Waals surface area contributed by atoms with E-state index in [4.69, 9.17) is 24.9 Å². The minimum atomic E-state index is -1.08. The molecule has 76 valence electrons. The molecule has 0 aliphatic carbocycles. The van der Waals surface area contributed by atoms with Gasteiger partial charge < -0.3 is 24.9 Å². The standard InChI is InChI=1S/2C2H4O2.C2H6O.Pt/c2*1-2(3)4;1-2-3;/h2*1H3,(H,3,4);3H,2H2,1H3;/q;;;+2/p-2. The summed E-state index contributed by atoms with van der Waals surface area (Å²) in [5.41, 5.74) is 0. The molecule has 0 aromatic rings. The molecule has 0 spiro atoms. The van der Waals surface area contributed by atoms with Gasteiger partial charge in [-0.05, 0) is 20.8 Å². The van der Waals surface area contributed by atoms with Gasteiger partial charge in [0.05, 0.1) is 0 Å². The summed E-state index contributed by atoms with van der Waals surface area (Å²) < 4.78 is 0. The SMILES string of the molecule is CC(=O)[O-].CC(=O)[O-].CCO.[Pt+2]. The van der Waals surface area contributed by atoms with E-state index in [1.54, 1.807) is 6.92 Å². The number of hydrogen-bond acceptors (Lipinski definition) is 5. The summed E-state index contributed by atoms with van der Waals surface area (Å²) in [6.45, 7) is 3.88. The molecule has 0 bridgehead atoms. The Morgan fingerprint density at radius 1 is 1.17 bits per heavy atom. The fraction of sp³-hybridized carbons (Fsp3) is 0.667. The molecule has 0 heterocycles. The summed E-state index contributed by atoms with van der Waals surface area (Å²) in [6, 6.07) is 0. The van der Waals surface area contributed by atoms with E-state index < -0.39 is 11.9 Å². The van der Waals surface area contributed by atoms with E-state index in [1.807, 2.05) is 0 Å². The molecular weight excluding hydrogens is 347 g/mol. The topological polar surface area (TPSA) is 100 Å². The van der Waals surface area contributed by atoms with Crippen molar-refractivity contribution < 1.29 is 46.0 Å². The quantitative estimate of drug-likeness (QED) is 0.516. The number of carboxylic acids is 2. The average molecular weight is 359 g/mol. The van der Waals surface area contributed by atoms with Gasteiger partial charge in [0.25, 0.3) is 0 Å². The predicted molar refractivity (Wildman–Crippen MR) is 34.1 cm³/mol. The molecule has 12 heavy (non-hydrogen) atoms. The molecule has 1 N–H and O–H groups in total. The molecule has 6 heteroatoms. The minimum absolute atomic E-state index is 0. The minimum Gasteiger partial charge on any atom is -0.550 e. The van der Waals surface area contributed by atoms with Crippen molar-refractivity contribution in [1.82, 2.24) is 0 Å². The first kappa shape index (κ1) is 22.6. The number of aliphatic hydroxyl groups excluding tert-OH is 1. The smallest absolute Gasteiger partial charge is 0.550 e. The number of hydrogen-bond donors (Lipinski definition) is 1. The molecule has 5 nitrogen and oxygen atoms in total. The van der Waals surface area contributed by atoms with Crippen molar-refractivity contribution in [2.45, 2.75) is 20.8 Å². The van der Waals surface area contributed by atoms with Crippen molar-refractivity contribution in [2.75, 3.05) is 6.61 Å². The van der Waals surface area contributed by atoms with Crippen LogP contribution in [0, 0.1) is 0 Å². The maximum absolute atomic E-state index is 8.89. The summed E-state index contributed by atoms with van der Waals surface area (Å²) in [4.78, 5) is 17.8. The number of aliphatic carboxylic acids is 2. The predicted octanol–water partition coefficient (Wildman–Crippen LogP) is -2.49. The molecule has 0 amide bonds. The van der Waals surface area contributed by atoms with Gasteiger partial charge in [0.2, 0.25) is 0 Å². The van der Waals surface area contributed by atoms with Crippen LogP contribution in [-0.4, -0.2) is 23.7 Å². The van der Waals surface area contributed by atoms with Crippen LogP contribution in [-0.2, 0) is 30.7 Å². The molecule has 0 saturated carbocycles. The van der Waals surface area contributed by atoms with Crippen molar-refractivity contribution >= 4 is 11.9 Å². The fourth-order valence-corrected chi connectivity index (χ4v) is 0. The van der Waals surface area contributed by atoms with Gasteiger partial charge in [-0.15, -0.1) is 0 Å². The molecule has 0 radical (unpaired) electrons. The first-order valence-corrected chi connectivity index (χ1v) is 2.84. The largest absolute Gasteiger partial charge is 2.00 e. The second-order valence-corrected chi connectivity index (χ2v) is 1.30. The molecule has 0 atom stereocenters. The van der Waals surface area contributed by atoms with Crippen LogP contribution in [0.3, 0.4) is 0 Å². The van der Waals surface area contributed by atoms with Gasteiger partial charge in [0, 0.05) is 18.5 Å². The molecule has 0 aliphatic rings. The van der Waals surface area contributed by atoms with Gasteiger partial charge in [-0.3, -0.25) is 0 Å². The summed E-state index contributed by atoms with van der Waals surface area (Å²) >= 11 is 0. The van der Waals surface area contributed by atoms with Crippen molar-refractivity contribution in [3.63, 3.8) is 0 Å². The van der Waals surface area contributed by atoms with E-state index in [2.05, 4.69) is 0 Å². The first-order chi connectivity index (χ1) is 4.88. The molecule has 0 aromatic heterocycles. The first-order valence-electron chi connectivity index (χ1n) is 2.84.